The fourth-order valence-corrected chi connectivity index (χ4v) is 1.85. The Morgan fingerprint density at radius 2 is 2.14 bits per heavy atom. The molecule has 0 aromatic heterocycles. The molecule has 1 aliphatic heterocycles. The summed E-state index contributed by atoms with van der Waals surface area (Å²) >= 11 is 11.7. The smallest absolute Gasteiger partial charge is 0.242 e. The minimum atomic E-state index is 0.0224. The predicted molar refractivity (Wildman–Crippen MR) is 56.6 cm³/mol. The van der Waals surface area contributed by atoms with E-state index in [9.17, 15) is 4.79 Å². The molecule has 1 aliphatic rings. The van der Waals surface area contributed by atoms with Crippen LogP contribution in [-0.2, 0) is 4.79 Å². The van der Waals surface area contributed by atoms with Gasteiger partial charge in [0.1, 0.15) is 0 Å². The van der Waals surface area contributed by atoms with Crippen LogP contribution in [0.3, 0.4) is 0 Å². The number of rotatable bonds is 1. The molecule has 1 amide bonds. The Bertz CT molecular complexity index is 381. The van der Waals surface area contributed by atoms with Gasteiger partial charge < -0.3 is 0 Å². The number of nitrogens with zero attached hydrogens (tertiary/aromatic N) is 1. The fourth-order valence-electron chi connectivity index (χ4n) is 1.36. The first-order valence-electron chi connectivity index (χ1n) is 4.20. The highest BCUT2D eigenvalue weighted by Crippen LogP contribution is 2.29. The van der Waals surface area contributed by atoms with Crippen molar-refractivity contribution in [3.05, 3.63) is 28.2 Å². The van der Waals surface area contributed by atoms with Gasteiger partial charge in [-0.25, -0.2) is 10.4 Å². The molecule has 0 bridgehead atoms. The molecule has 3 nitrogen and oxygen atoms in total. The van der Waals surface area contributed by atoms with Crippen LogP contribution in [0.2, 0.25) is 10.0 Å². The number of nitrogens with one attached hydrogen (secondary N) is 1. The van der Waals surface area contributed by atoms with Gasteiger partial charge in [0.2, 0.25) is 5.91 Å². The van der Waals surface area contributed by atoms with Crippen LogP contribution in [0.1, 0.15) is 6.42 Å². The predicted octanol–water partition coefficient (Wildman–Crippen LogP) is 2.23. The van der Waals surface area contributed by atoms with Crippen molar-refractivity contribution >= 4 is 34.8 Å². The third kappa shape index (κ3) is 1.71. The van der Waals surface area contributed by atoms with Crippen molar-refractivity contribution in [1.29, 1.82) is 0 Å². The van der Waals surface area contributed by atoms with E-state index in [4.69, 9.17) is 23.2 Å². The van der Waals surface area contributed by atoms with E-state index in [2.05, 4.69) is 5.43 Å². The van der Waals surface area contributed by atoms with Gasteiger partial charge in [-0.1, -0.05) is 23.2 Å². The van der Waals surface area contributed by atoms with E-state index < -0.39 is 0 Å². The molecule has 0 unspecified atom stereocenters. The Balaban J connectivity index is 2.36. The molecule has 74 valence electrons. The van der Waals surface area contributed by atoms with Gasteiger partial charge in [0.15, 0.2) is 0 Å². The topological polar surface area (TPSA) is 32.3 Å². The number of hydrogen-bond donors (Lipinski definition) is 1. The maximum atomic E-state index is 11.4. The second-order valence-corrected chi connectivity index (χ2v) is 3.83. The average Bonchev–Trinajstić information content (AvgIpc) is 2.52. The number of anilines is 1. The molecule has 1 aromatic rings. The quantitative estimate of drug-likeness (QED) is 0.803. The van der Waals surface area contributed by atoms with Gasteiger partial charge in [-0.2, -0.15) is 0 Å². The standard InChI is InChI=1S/C9H8Cl2N2O/c10-6-1-2-8(7(11)5-6)13-9(14)3-4-12-13/h1-2,5,12H,3-4H2. The Hall–Kier alpha value is -0.770. The summed E-state index contributed by atoms with van der Waals surface area (Å²) in [5.41, 5.74) is 3.59. The third-order valence-corrected chi connectivity index (χ3v) is 2.55. The number of benzene rings is 1. The first kappa shape index (κ1) is 9.77. The van der Waals surface area contributed by atoms with Gasteiger partial charge in [-0.3, -0.25) is 4.79 Å². The zero-order valence-corrected chi connectivity index (χ0v) is 8.77. The minimum Gasteiger partial charge on any atom is -0.273 e. The largest absolute Gasteiger partial charge is 0.273 e. The summed E-state index contributed by atoms with van der Waals surface area (Å²) in [7, 11) is 0. The van der Waals surface area contributed by atoms with E-state index in [0.717, 1.165) is 0 Å². The molecular weight excluding hydrogens is 223 g/mol. The lowest BCUT2D eigenvalue weighted by atomic mass is 10.3. The molecule has 1 saturated heterocycles. The highest BCUT2D eigenvalue weighted by atomic mass is 35.5. The van der Waals surface area contributed by atoms with E-state index >= 15 is 0 Å². The highest BCUT2D eigenvalue weighted by molar-refractivity contribution is 6.36. The lowest BCUT2D eigenvalue weighted by molar-refractivity contribution is -0.117. The number of hydrogen-bond acceptors (Lipinski definition) is 2. The molecule has 0 saturated carbocycles. The number of carbonyl (C=O) groups excluding carboxylic acids is 1. The van der Waals surface area contributed by atoms with E-state index in [0.29, 0.717) is 28.7 Å². The van der Waals surface area contributed by atoms with E-state index in [1.807, 2.05) is 0 Å². The first-order chi connectivity index (χ1) is 6.68. The molecule has 1 fully saturated rings. The van der Waals surface area contributed by atoms with Crippen molar-refractivity contribution in [1.82, 2.24) is 5.43 Å². The van der Waals surface area contributed by atoms with Gasteiger partial charge in [-0.15, -0.1) is 0 Å². The van der Waals surface area contributed by atoms with E-state index in [-0.39, 0.29) is 5.91 Å². The van der Waals surface area contributed by atoms with Crippen LogP contribution in [-0.4, -0.2) is 12.5 Å². The zero-order chi connectivity index (χ0) is 10.1. The summed E-state index contributed by atoms with van der Waals surface area (Å²) in [6.07, 6.45) is 0.499. The molecule has 0 spiro atoms. The van der Waals surface area contributed by atoms with Crippen LogP contribution in [0, 0.1) is 0 Å². The zero-order valence-electron chi connectivity index (χ0n) is 7.26. The molecule has 0 radical (unpaired) electrons. The van der Waals surface area contributed by atoms with Crippen LogP contribution in [0.4, 0.5) is 5.69 Å². The molecule has 14 heavy (non-hydrogen) atoms. The van der Waals surface area contributed by atoms with Gasteiger partial charge in [0.25, 0.3) is 0 Å². The molecule has 2 rings (SSSR count). The van der Waals surface area contributed by atoms with Crippen LogP contribution >= 0.6 is 23.2 Å². The van der Waals surface area contributed by atoms with E-state index in [1.54, 1.807) is 18.2 Å². The van der Waals surface area contributed by atoms with Crippen molar-refractivity contribution < 1.29 is 4.79 Å². The lowest BCUT2D eigenvalue weighted by Crippen LogP contribution is -2.34. The Labute approximate surface area is 91.6 Å². The van der Waals surface area contributed by atoms with Crippen LogP contribution in [0.15, 0.2) is 18.2 Å². The average molecular weight is 231 g/mol. The van der Waals surface area contributed by atoms with Crippen molar-refractivity contribution in [3.8, 4) is 0 Å². The van der Waals surface area contributed by atoms with Gasteiger partial charge in [0, 0.05) is 18.0 Å². The normalized spacial score (nSPS) is 16.4. The summed E-state index contributed by atoms with van der Waals surface area (Å²) in [6, 6.07) is 5.04. The molecule has 1 N–H and O–H groups in total. The molecule has 1 heterocycles. The minimum absolute atomic E-state index is 0.0224. The number of amides is 1. The summed E-state index contributed by atoms with van der Waals surface area (Å²) in [5, 5.41) is 2.49. The van der Waals surface area contributed by atoms with Crippen LogP contribution in [0.5, 0.6) is 0 Å². The van der Waals surface area contributed by atoms with Gasteiger partial charge >= 0.3 is 0 Å². The monoisotopic (exact) mass is 230 g/mol. The van der Waals surface area contributed by atoms with Crippen molar-refractivity contribution in [2.45, 2.75) is 6.42 Å². The summed E-state index contributed by atoms with van der Waals surface area (Å²) in [6.45, 7) is 0.651. The van der Waals surface area contributed by atoms with Gasteiger partial charge in [-0.05, 0) is 18.2 Å². The van der Waals surface area contributed by atoms with Gasteiger partial charge in [0.05, 0.1) is 10.7 Å². The number of carbonyl (C=O) groups is 1. The second kappa shape index (κ2) is 3.77. The van der Waals surface area contributed by atoms with Crippen LogP contribution < -0.4 is 10.4 Å². The Kier molecular flexibility index (Phi) is 2.63. The molecular formula is C9H8Cl2N2O. The van der Waals surface area contributed by atoms with Crippen LogP contribution in [0.25, 0.3) is 0 Å². The Morgan fingerprint density at radius 1 is 1.36 bits per heavy atom. The van der Waals surface area contributed by atoms with E-state index in [1.165, 1.54) is 5.01 Å². The first-order valence-corrected chi connectivity index (χ1v) is 4.95. The maximum Gasteiger partial charge on any atom is 0.242 e. The molecule has 1 aromatic carbocycles. The lowest BCUT2D eigenvalue weighted by Gasteiger charge is -2.17. The number of halogens is 2. The molecule has 5 heteroatoms. The summed E-state index contributed by atoms with van der Waals surface area (Å²) in [4.78, 5) is 11.4. The SMILES string of the molecule is O=C1CCNN1c1ccc(Cl)cc1Cl. The third-order valence-electron chi connectivity index (χ3n) is 2.01. The highest BCUT2D eigenvalue weighted by Gasteiger charge is 2.23. The second-order valence-electron chi connectivity index (χ2n) is 2.98. The fraction of sp³-hybridized carbons (Fsp3) is 0.222. The van der Waals surface area contributed by atoms with Crippen molar-refractivity contribution in [2.75, 3.05) is 11.6 Å². The Morgan fingerprint density at radius 3 is 2.71 bits per heavy atom. The number of hydrazine groups is 1. The summed E-state index contributed by atoms with van der Waals surface area (Å²) < 4.78 is 0. The summed E-state index contributed by atoms with van der Waals surface area (Å²) in [5.74, 6) is 0.0224. The van der Waals surface area contributed by atoms with Crippen molar-refractivity contribution in [2.24, 2.45) is 0 Å². The van der Waals surface area contributed by atoms with Crippen molar-refractivity contribution in [3.63, 3.8) is 0 Å². The maximum absolute atomic E-state index is 11.4. The molecule has 0 aliphatic carbocycles. The molecule has 0 atom stereocenters.